The van der Waals surface area contributed by atoms with Gasteiger partial charge in [0.2, 0.25) is 0 Å². The molecule has 1 unspecified atom stereocenters. The zero-order valence-corrected chi connectivity index (χ0v) is 21.5. The number of halogens is 2. The number of imide groups is 1. The Morgan fingerprint density at radius 1 is 0.944 bits per heavy atom. The number of hydrogen-bond donors (Lipinski definition) is 1. The molecule has 1 atom stereocenters. The molecular formula is C28H27ClFNO4S. The van der Waals surface area contributed by atoms with Gasteiger partial charge in [0.05, 0.1) is 6.61 Å². The number of aryl methyl sites for hydroxylation is 2. The van der Waals surface area contributed by atoms with Gasteiger partial charge in [0.1, 0.15) is 17.2 Å². The highest BCUT2D eigenvalue weighted by Gasteiger charge is 2.50. The first kappa shape index (κ1) is 26.0. The minimum Gasteiger partial charge on any atom is -0.493 e. The smallest absolute Gasteiger partial charge is 0.289 e. The summed E-state index contributed by atoms with van der Waals surface area (Å²) >= 11 is 6.31. The summed E-state index contributed by atoms with van der Waals surface area (Å²) in [5.74, 6) is 1.42. The zero-order valence-electron chi connectivity index (χ0n) is 19.9. The van der Waals surface area contributed by atoms with Gasteiger partial charge in [0, 0.05) is 10.6 Å². The number of carbonyl (C=O) groups is 2. The van der Waals surface area contributed by atoms with Gasteiger partial charge in [0.25, 0.3) is 16.1 Å². The fraction of sp³-hybridized carbons (Fsp3) is 0.286. The number of alkyl halides is 1. The first-order valence-electron chi connectivity index (χ1n) is 11.9. The van der Waals surface area contributed by atoms with Gasteiger partial charge >= 0.3 is 0 Å². The lowest BCUT2D eigenvalue weighted by atomic mass is 10.0. The summed E-state index contributed by atoms with van der Waals surface area (Å²) in [5.41, 5.74) is 2.31. The van der Waals surface area contributed by atoms with E-state index in [9.17, 15) is 14.0 Å². The molecule has 1 heterocycles. The zero-order chi connectivity index (χ0) is 25.5. The highest BCUT2D eigenvalue weighted by molar-refractivity contribution is 8.15. The molecule has 3 aromatic carbocycles. The Kier molecular flexibility index (Phi) is 8.54. The van der Waals surface area contributed by atoms with Gasteiger partial charge in [-0.05, 0) is 91.0 Å². The number of hydrogen-bond acceptors (Lipinski definition) is 5. The minimum absolute atomic E-state index is 0.176. The molecule has 0 aliphatic carbocycles. The van der Waals surface area contributed by atoms with Gasteiger partial charge in [0.15, 0.2) is 0 Å². The lowest BCUT2D eigenvalue weighted by Crippen LogP contribution is -2.30. The van der Waals surface area contributed by atoms with Crippen molar-refractivity contribution in [3.8, 4) is 17.2 Å². The van der Waals surface area contributed by atoms with E-state index in [-0.39, 0.29) is 5.56 Å². The lowest BCUT2D eigenvalue weighted by molar-refractivity contribution is -0.126. The van der Waals surface area contributed by atoms with Crippen LogP contribution in [0, 0.1) is 0 Å². The second-order valence-electron chi connectivity index (χ2n) is 8.52. The Morgan fingerprint density at radius 2 is 1.67 bits per heavy atom. The molecule has 0 bridgehead atoms. The number of amides is 2. The number of carbonyl (C=O) groups excluding carboxylic acids is 2. The summed E-state index contributed by atoms with van der Waals surface area (Å²) in [6.07, 6.45) is 4.43. The van der Waals surface area contributed by atoms with Crippen molar-refractivity contribution in [2.45, 2.75) is 44.0 Å². The molecule has 0 saturated carbocycles. The third kappa shape index (κ3) is 6.39. The van der Waals surface area contributed by atoms with Crippen molar-refractivity contribution in [3.05, 3.63) is 88.4 Å². The average Bonchev–Trinajstić information content (AvgIpc) is 3.14. The molecule has 0 spiro atoms. The maximum absolute atomic E-state index is 14.9. The van der Waals surface area contributed by atoms with Gasteiger partial charge in [-0.15, -0.1) is 0 Å². The van der Waals surface area contributed by atoms with E-state index in [1.54, 1.807) is 36.4 Å². The first-order valence-corrected chi connectivity index (χ1v) is 13.1. The molecule has 1 aliphatic rings. The molecule has 1 saturated heterocycles. The summed E-state index contributed by atoms with van der Waals surface area (Å²) in [4.78, 5) is 23.1. The summed E-state index contributed by atoms with van der Waals surface area (Å²) in [6, 6.07) is 19.9. The van der Waals surface area contributed by atoms with Crippen LogP contribution in [0.4, 0.5) is 9.18 Å². The predicted octanol–water partition coefficient (Wildman–Crippen LogP) is 7.59. The Morgan fingerprint density at radius 3 is 2.33 bits per heavy atom. The van der Waals surface area contributed by atoms with Crippen molar-refractivity contribution >= 4 is 34.5 Å². The number of ether oxygens (including phenoxy) is 2. The van der Waals surface area contributed by atoms with Crippen LogP contribution in [0.3, 0.4) is 0 Å². The maximum atomic E-state index is 14.9. The Labute approximate surface area is 219 Å². The second kappa shape index (κ2) is 11.8. The van der Waals surface area contributed by atoms with Gasteiger partial charge in [-0.1, -0.05) is 49.2 Å². The van der Waals surface area contributed by atoms with Crippen molar-refractivity contribution in [1.29, 1.82) is 0 Å². The number of thioether (sulfide) groups is 1. The largest absolute Gasteiger partial charge is 0.493 e. The Balaban J connectivity index is 1.26. The van der Waals surface area contributed by atoms with Crippen LogP contribution in [-0.4, -0.2) is 17.8 Å². The van der Waals surface area contributed by atoms with Crippen molar-refractivity contribution in [1.82, 2.24) is 5.32 Å². The van der Waals surface area contributed by atoms with Crippen LogP contribution in [0.15, 0.2) is 66.7 Å². The molecular weight excluding hydrogens is 501 g/mol. The molecule has 3 aromatic rings. The van der Waals surface area contributed by atoms with Crippen molar-refractivity contribution in [2.75, 3.05) is 6.61 Å². The number of rotatable bonds is 11. The summed E-state index contributed by atoms with van der Waals surface area (Å²) in [7, 11) is 0. The Bertz CT molecular complexity index is 1220. The number of nitrogens with one attached hydrogen (secondary N) is 1. The normalized spacial score (nSPS) is 17.2. The van der Waals surface area contributed by atoms with Crippen LogP contribution >= 0.6 is 23.4 Å². The standard InChI is InChI=1S/C28H27ClFNO4S/c1-2-5-20-18-24(35-23-13-11-22(29)12-14-23)15-16-25(20)34-17-4-3-6-19-7-9-21(10-8-19)28(30)26(32)31-27(33)36-28/h7-16,18H,2-6,17H2,1H3,(H,31,32,33). The SMILES string of the molecule is CCCc1cc(Oc2ccc(Cl)cc2)ccc1OCCCCc1ccc(C2(F)SC(=O)NC2=O)cc1. The fourth-order valence-corrected chi connectivity index (χ4v) is 4.85. The lowest BCUT2D eigenvalue weighted by Gasteiger charge is -2.15. The van der Waals surface area contributed by atoms with E-state index in [0.717, 1.165) is 60.5 Å². The highest BCUT2D eigenvalue weighted by atomic mass is 35.5. The molecule has 1 fully saturated rings. The Hall–Kier alpha value is -3.03. The predicted molar refractivity (Wildman–Crippen MR) is 141 cm³/mol. The topological polar surface area (TPSA) is 64.6 Å². The van der Waals surface area contributed by atoms with Crippen LogP contribution in [0.25, 0.3) is 0 Å². The van der Waals surface area contributed by atoms with Crippen molar-refractivity contribution in [3.63, 3.8) is 0 Å². The van der Waals surface area contributed by atoms with E-state index in [4.69, 9.17) is 21.1 Å². The third-order valence-corrected chi connectivity index (χ3v) is 7.03. The molecule has 1 N–H and O–H groups in total. The van der Waals surface area contributed by atoms with Crippen molar-refractivity contribution < 1.29 is 23.5 Å². The van der Waals surface area contributed by atoms with Gasteiger partial charge in [-0.25, -0.2) is 4.39 Å². The maximum Gasteiger partial charge on any atom is 0.289 e. The van der Waals surface area contributed by atoms with Crippen LogP contribution in [0.2, 0.25) is 5.02 Å². The third-order valence-electron chi connectivity index (χ3n) is 5.78. The molecule has 36 heavy (non-hydrogen) atoms. The molecule has 2 amide bonds. The van der Waals surface area contributed by atoms with E-state index in [2.05, 4.69) is 6.92 Å². The molecule has 4 rings (SSSR count). The van der Waals surface area contributed by atoms with Crippen LogP contribution in [0.1, 0.15) is 42.9 Å². The molecule has 0 radical (unpaired) electrons. The monoisotopic (exact) mass is 527 g/mol. The second-order valence-corrected chi connectivity index (χ2v) is 10.1. The summed E-state index contributed by atoms with van der Waals surface area (Å²) < 4.78 is 26.9. The highest BCUT2D eigenvalue weighted by Crippen LogP contribution is 2.42. The number of benzene rings is 3. The molecule has 188 valence electrons. The van der Waals surface area contributed by atoms with Crippen LogP contribution in [-0.2, 0) is 22.6 Å². The number of unbranched alkanes of at least 4 members (excludes halogenated alkanes) is 1. The quantitative estimate of drug-likeness (QED) is 0.260. The summed E-state index contributed by atoms with van der Waals surface area (Å²) in [6.45, 7) is 2.71. The van der Waals surface area contributed by atoms with E-state index in [1.807, 2.05) is 35.6 Å². The van der Waals surface area contributed by atoms with E-state index < -0.39 is 16.1 Å². The van der Waals surface area contributed by atoms with Gasteiger partial charge in [-0.3, -0.25) is 14.9 Å². The first-order chi connectivity index (χ1) is 17.4. The van der Waals surface area contributed by atoms with Crippen LogP contribution < -0.4 is 14.8 Å². The molecule has 8 heteroatoms. The van der Waals surface area contributed by atoms with Crippen molar-refractivity contribution in [2.24, 2.45) is 0 Å². The van der Waals surface area contributed by atoms with Gasteiger partial charge in [-0.2, -0.15) is 0 Å². The average molecular weight is 528 g/mol. The minimum atomic E-state index is -2.35. The van der Waals surface area contributed by atoms with E-state index in [0.29, 0.717) is 23.4 Å². The molecule has 1 aliphatic heterocycles. The summed E-state index contributed by atoms with van der Waals surface area (Å²) in [5, 5.41) is -0.362. The molecule has 5 nitrogen and oxygen atoms in total. The fourth-order valence-electron chi connectivity index (χ4n) is 3.93. The van der Waals surface area contributed by atoms with E-state index in [1.165, 1.54) is 0 Å². The van der Waals surface area contributed by atoms with E-state index >= 15 is 0 Å². The molecule has 0 aromatic heterocycles. The van der Waals surface area contributed by atoms with Crippen LogP contribution in [0.5, 0.6) is 17.2 Å². The van der Waals surface area contributed by atoms with Gasteiger partial charge < -0.3 is 9.47 Å².